The van der Waals surface area contributed by atoms with Gasteiger partial charge in [0.25, 0.3) is 0 Å². The minimum absolute atomic E-state index is 0.0680. The zero-order valence-corrected chi connectivity index (χ0v) is 10.6. The van der Waals surface area contributed by atoms with Crippen LogP contribution in [0.2, 0.25) is 0 Å². The van der Waals surface area contributed by atoms with Crippen molar-refractivity contribution in [2.75, 3.05) is 0 Å². The van der Waals surface area contributed by atoms with Gasteiger partial charge in [-0.25, -0.2) is 4.39 Å². The van der Waals surface area contributed by atoms with Crippen molar-refractivity contribution in [3.05, 3.63) is 59.4 Å². The Kier molecular flexibility index (Phi) is 4.01. The van der Waals surface area contributed by atoms with Gasteiger partial charge in [0.2, 0.25) is 5.82 Å². The predicted molar refractivity (Wildman–Crippen MR) is 70.8 cm³/mol. The maximum absolute atomic E-state index is 13.4. The average Bonchev–Trinajstić information content (AvgIpc) is 2.41. The van der Waals surface area contributed by atoms with Gasteiger partial charge in [0.1, 0.15) is 11.6 Å². The largest absolute Gasteiger partial charge is 0.486 e. The first-order valence-electron chi connectivity index (χ1n) is 5.39. The van der Waals surface area contributed by atoms with Crippen LogP contribution >= 0.6 is 12.2 Å². The third kappa shape index (κ3) is 3.23. The van der Waals surface area contributed by atoms with Crippen molar-refractivity contribution in [3.8, 4) is 5.75 Å². The van der Waals surface area contributed by atoms with E-state index in [1.165, 1.54) is 18.3 Å². The maximum Gasteiger partial charge on any atom is 0.200 e. The summed E-state index contributed by atoms with van der Waals surface area (Å²) in [6.45, 7) is 0.0680. The zero-order valence-electron chi connectivity index (χ0n) is 9.77. The highest BCUT2D eigenvalue weighted by Crippen LogP contribution is 2.20. The molecule has 0 aliphatic heterocycles. The maximum atomic E-state index is 13.4. The summed E-state index contributed by atoms with van der Waals surface area (Å²) in [6, 6.07) is 7.08. The van der Waals surface area contributed by atoms with Crippen molar-refractivity contribution in [1.29, 1.82) is 0 Å². The Morgan fingerprint density at radius 1 is 1.32 bits per heavy atom. The molecule has 0 aliphatic carbocycles. The predicted octanol–water partition coefficient (Wildman–Crippen LogP) is 2.57. The van der Waals surface area contributed by atoms with Crippen LogP contribution in [0.15, 0.2) is 36.5 Å². The second-order valence-electron chi connectivity index (χ2n) is 3.75. The van der Waals surface area contributed by atoms with Crippen LogP contribution in [0.3, 0.4) is 0 Å². The summed E-state index contributed by atoms with van der Waals surface area (Å²) < 4.78 is 31.5. The van der Waals surface area contributed by atoms with Gasteiger partial charge in [-0.15, -0.1) is 0 Å². The number of hydrogen-bond acceptors (Lipinski definition) is 3. The molecule has 0 saturated carbocycles. The third-order valence-corrected chi connectivity index (χ3v) is 2.60. The van der Waals surface area contributed by atoms with Gasteiger partial charge in [0.15, 0.2) is 11.6 Å². The molecule has 6 heteroatoms. The van der Waals surface area contributed by atoms with Crippen LogP contribution in [0.5, 0.6) is 5.75 Å². The van der Waals surface area contributed by atoms with Gasteiger partial charge in [-0.1, -0.05) is 18.3 Å². The fourth-order valence-electron chi connectivity index (χ4n) is 1.46. The summed E-state index contributed by atoms with van der Waals surface area (Å²) in [4.78, 5) is 4.14. The number of aromatic nitrogens is 1. The molecule has 1 aromatic heterocycles. The van der Waals surface area contributed by atoms with Gasteiger partial charge < -0.3 is 10.5 Å². The quantitative estimate of drug-likeness (QED) is 0.874. The molecule has 2 rings (SSSR count). The lowest BCUT2D eigenvalue weighted by molar-refractivity contribution is 0.284. The third-order valence-electron chi connectivity index (χ3n) is 2.39. The molecule has 0 bridgehead atoms. The highest BCUT2D eigenvalue weighted by atomic mass is 32.1. The Hall–Kier alpha value is -2.08. The fraction of sp³-hybridized carbons (Fsp3) is 0.0769. The van der Waals surface area contributed by atoms with Gasteiger partial charge in [-0.2, -0.15) is 4.39 Å². The van der Waals surface area contributed by atoms with Crippen LogP contribution < -0.4 is 10.5 Å². The Morgan fingerprint density at radius 3 is 2.84 bits per heavy atom. The summed E-state index contributed by atoms with van der Waals surface area (Å²) in [5.74, 6) is -2.10. The minimum atomic E-state index is -1.01. The molecule has 0 amide bonds. The van der Waals surface area contributed by atoms with Crippen molar-refractivity contribution in [2.24, 2.45) is 5.73 Å². The van der Waals surface area contributed by atoms with Gasteiger partial charge in [-0.3, -0.25) is 4.98 Å². The Labute approximate surface area is 114 Å². The molecule has 0 saturated heterocycles. The lowest BCUT2D eigenvalue weighted by atomic mass is 10.2. The molecular formula is C13H10F2N2OS. The Morgan fingerprint density at radius 2 is 2.11 bits per heavy atom. The lowest BCUT2D eigenvalue weighted by Crippen LogP contribution is -2.12. The molecule has 0 spiro atoms. The SMILES string of the molecule is NC(=S)c1cc(COc2cccc(F)c2F)ccn1. The van der Waals surface area contributed by atoms with E-state index in [1.54, 1.807) is 12.1 Å². The lowest BCUT2D eigenvalue weighted by Gasteiger charge is -2.08. The number of nitrogens with two attached hydrogens (primary N) is 1. The van der Waals surface area contributed by atoms with Crippen LogP contribution in [0.1, 0.15) is 11.3 Å². The number of benzene rings is 1. The van der Waals surface area contributed by atoms with Crippen molar-refractivity contribution >= 4 is 17.2 Å². The molecule has 98 valence electrons. The molecule has 2 N–H and O–H groups in total. The Bertz CT molecular complexity index is 619. The van der Waals surface area contributed by atoms with E-state index in [2.05, 4.69) is 4.98 Å². The number of halogens is 2. The van der Waals surface area contributed by atoms with Crippen molar-refractivity contribution in [1.82, 2.24) is 4.98 Å². The summed E-state index contributed by atoms with van der Waals surface area (Å²) in [5, 5.41) is 0. The van der Waals surface area contributed by atoms with E-state index < -0.39 is 11.6 Å². The van der Waals surface area contributed by atoms with Crippen LogP contribution in [0, 0.1) is 11.6 Å². The first-order chi connectivity index (χ1) is 9.08. The first-order valence-corrected chi connectivity index (χ1v) is 5.80. The second kappa shape index (κ2) is 5.71. The number of thiocarbonyl (C=S) groups is 1. The van der Waals surface area contributed by atoms with E-state index in [-0.39, 0.29) is 17.3 Å². The van der Waals surface area contributed by atoms with E-state index in [9.17, 15) is 8.78 Å². The van der Waals surface area contributed by atoms with Crippen LogP contribution in [0.25, 0.3) is 0 Å². The number of nitrogens with zero attached hydrogens (tertiary/aromatic N) is 1. The van der Waals surface area contributed by atoms with E-state index in [4.69, 9.17) is 22.7 Å². The van der Waals surface area contributed by atoms with Crippen molar-refractivity contribution in [3.63, 3.8) is 0 Å². The molecule has 3 nitrogen and oxygen atoms in total. The van der Waals surface area contributed by atoms with Crippen LogP contribution in [-0.2, 0) is 6.61 Å². The number of ether oxygens (including phenoxy) is 1. The average molecular weight is 280 g/mol. The standard InChI is InChI=1S/C13H10F2N2OS/c14-9-2-1-3-11(12(9)15)18-7-8-4-5-17-10(6-8)13(16)19/h1-6H,7H2,(H2,16,19). The number of pyridine rings is 1. The number of hydrogen-bond donors (Lipinski definition) is 1. The number of rotatable bonds is 4. The topological polar surface area (TPSA) is 48.1 Å². The van der Waals surface area contributed by atoms with Crippen molar-refractivity contribution in [2.45, 2.75) is 6.61 Å². The molecule has 0 fully saturated rings. The van der Waals surface area contributed by atoms with E-state index in [0.717, 1.165) is 6.07 Å². The van der Waals surface area contributed by atoms with Gasteiger partial charge in [0.05, 0.1) is 5.69 Å². The monoisotopic (exact) mass is 280 g/mol. The van der Waals surface area contributed by atoms with Gasteiger partial charge in [-0.05, 0) is 29.8 Å². The molecule has 1 aromatic carbocycles. The second-order valence-corrected chi connectivity index (χ2v) is 4.19. The smallest absolute Gasteiger partial charge is 0.200 e. The summed E-state index contributed by atoms with van der Waals surface area (Å²) in [7, 11) is 0. The summed E-state index contributed by atoms with van der Waals surface area (Å²) >= 11 is 4.80. The molecule has 0 radical (unpaired) electrons. The highest BCUT2D eigenvalue weighted by Gasteiger charge is 2.09. The minimum Gasteiger partial charge on any atom is -0.486 e. The van der Waals surface area contributed by atoms with E-state index in [0.29, 0.717) is 11.3 Å². The molecule has 19 heavy (non-hydrogen) atoms. The first kappa shape index (κ1) is 13.4. The molecular weight excluding hydrogens is 270 g/mol. The van der Waals surface area contributed by atoms with E-state index in [1.807, 2.05) is 0 Å². The Balaban J connectivity index is 2.12. The zero-order chi connectivity index (χ0) is 13.8. The molecule has 0 atom stereocenters. The molecule has 0 unspecified atom stereocenters. The van der Waals surface area contributed by atoms with E-state index >= 15 is 0 Å². The molecule has 1 heterocycles. The summed E-state index contributed by atoms with van der Waals surface area (Å²) in [5.41, 5.74) is 6.62. The summed E-state index contributed by atoms with van der Waals surface area (Å²) in [6.07, 6.45) is 1.52. The van der Waals surface area contributed by atoms with Gasteiger partial charge in [0, 0.05) is 6.20 Å². The molecule has 0 aliphatic rings. The van der Waals surface area contributed by atoms with Gasteiger partial charge >= 0.3 is 0 Å². The van der Waals surface area contributed by atoms with Crippen LogP contribution in [0.4, 0.5) is 8.78 Å². The molecule has 2 aromatic rings. The normalized spacial score (nSPS) is 10.2. The van der Waals surface area contributed by atoms with Crippen LogP contribution in [-0.4, -0.2) is 9.97 Å². The van der Waals surface area contributed by atoms with Crippen molar-refractivity contribution < 1.29 is 13.5 Å². The fourth-order valence-corrected chi connectivity index (χ4v) is 1.57. The highest BCUT2D eigenvalue weighted by molar-refractivity contribution is 7.80.